The van der Waals surface area contributed by atoms with Gasteiger partial charge in [-0.2, -0.15) is 4.98 Å². The second-order valence-corrected chi connectivity index (χ2v) is 7.23. The number of nitrogens with two attached hydrogens (primary N) is 2. The molecule has 2 aromatic rings. The Morgan fingerprint density at radius 2 is 2.09 bits per heavy atom. The van der Waals surface area contributed by atoms with E-state index < -0.39 is 0 Å². The molecule has 0 amide bonds. The molecule has 0 radical (unpaired) electrons. The van der Waals surface area contributed by atoms with Gasteiger partial charge in [-0.25, -0.2) is 4.98 Å². The fraction of sp³-hybridized carbons (Fsp3) is 0.625. The third-order valence-electron chi connectivity index (χ3n) is 5.00. The van der Waals surface area contributed by atoms with Gasteiger partial charge in [0.1, 0.15) is 11.3 Å². The summed E-state index contributed by atoms with van der Waals surface area (Å²) in [7, 11) is 0. The number of nitrogens with zero attached hydrogens (tertiary/aromatic N) is 3. The van der Waals surface area contributed by atoms with E-state index in [2.05, 4.69) is 28.7 Å². The fourth-order valence-electron chi connectivity index (χ4n) is 3.82. The number of rotatable bonds is 1. The molecule has 4 rings (SSSR count). The molecule has 1 saturated heterocycles. The SMILES string of the molecule is CC1(C)CCCc2c1oc1c(N3CC[C@@H](N)C3)nc(N)nc21.Cl. The van der Waals surface area contributed by atoms with Crippen molar-refractivity contribution >= 4 is 35.3 Å². The summed E-state index contributed by atoms with van der Waals surface area (Å²) in [5.74, 6) is 2.17. The molecule has 1 fully saturated rings. The summed E-state index contributed by atoms with van der Waals surface area (Å²) in [6, 6.07) is 0.187. The average Bonchev–Trinajstić information content (AvgIpc) is 3.03. The van der Waals surface area contributed by atoms with Crippen LogP contribution < -0.4 is 16.4 Å². The normalized spacial score (nSPS) is 22.9. The molecule has 2 aliphatic rings. The average molecular weight is 338 g/mol. The van der Waals surface area contributed by atoms with Crippen LogP contribution in [0.25, 0.3) is 11.1 Å². The summed E-state index contributed by atoms with van der Waals surface area (Å²) in [5, 5.41) is 0. The van der Waals surface area contributed by atoms with Crippen LogP contribution in [0.4, 0.5) is 11.8 Å². The summed E-state index contributed by atoms with van der Waals surface area (Å²) >= 11 is 0. The van der Waals surface area contributed by atoms with Crippen LogP contribution >= 0.6 is 12.4 Å². The number of furan rings is 1. The molecule has 1 atom stereocenters. The van der Waals surface area contributed by atoms with Crippen molar-refractivity contribution < 1.29 is 4.42 Å². The zero-order chi connectivity index (χ0) is 15.5. The van der Waals surface area contributed by atoms with Crippen LogP contribution in [-0.4, -0.2) is 29.1 Å². The molecular formula is C16H24ClN5O. The molecule has 0 saturated carbocycles. The lowest BCUT2D eigenvalue weighted by molar-refractivity contribution is 0.345. The maximum Gasteiger partial charge on any atom is 0.222 e. The molecule has 0 aromatic carbocycles. The van der Waals surface area contributed by atoms with E-state index in [-0.39, 0.29) is 23.9 Å². The summed E-state index contributed by atoms with van der Waals surface area (Å²) in [6.45, 7) is 6.15. The van der Waals surface area contributed by atoms with Crippen molar-refractivity contribution in [3.05, 3.63) is 11.3 Å². The van der Waals surface area contributed by atoms with Crippen LogP contribution in [0.15, 0.2) is 4.42 Å². The minimum absolute atomic E-state index is 0. The van der Waals surface area contributed by atoms with Gasteiger partial charge < -0.3 is 20.8 Å². The van der Waals surface area contributed by atoms with Crippen molar-refractivity contribution in [2.45, 2.75) is 51.0 Å². The van der Waals surface area contributed by atoms with E-state index in [1.165, 1.54) is 5.56 Å². The number of nitrogen functional groups attached to an aromatic ring is 1. The number of aryl methyl sites for hydroxylation is 1. The molecule has 2 aromatic heterocycles. The molecule has 0 bridgehead atoms. The van der Waals surface area contributed by atoms with Crippen molar-refractivity contribution in [3.8, 4) is 0 Å². The van der Waals surface area contributed by atoms with E-state index in [1.807, 2.05) is 0 Å². The number of aromatic nitrogens is 2. The number of anilines is 2. The monoisotopic (exact) mass is 337 g/mol. The molecule has 7 heteroatoms. The predicted molar refractivity (Wildman–Crippen MR) is 94.2 cm³/mol. The summed E-state index contributed by atoms with van der Waals surface area (Å²) < 4.78 is 6.28. The standard InChI is InChI=1S/C16H23N5O.ClH/c1-16(2)6-3-4-10-11-12(22-13(10)16)14(20-15(18)19-11)21-7-5-9(17)8-21;/h9H,3-8,17H2,1-2H3,(H2,18,19,20);1H/t9-;/m1./s1. The minimum Gasteiger partial charge on any atom is -0.455 e. The van der Waals surface area contributed by atoms with Gasteiger partial charge in [0.2, 0.25) is 5.95 Å². The summed E-state index contributed by atoms with van der Waals surface area (Å²) in [6.07, 6.45) is 4.26. The van der Waals surface area contributed by atoms with Gasteiger partial charge in [-0.1, -0.05) is 13.8 Å². The quantitative estimate of drug-likeness (QED) is 0.829. The van der Waals surface area contributed by atoms with Gasteiger partial charge in [0.25, 0.3) is 0 Å². The molecule has 1 aliphatic carbocycles. The highest BCUT2D eigenvalue weighted by Crippen LogP contribution is 2.43. The Bertz CT molecular complexity index is 742. The van der Waals surface area contributed by atoms with Gasteiger partial charge >= 0.3 is 0 Å². The first-order chi connectivity index (χ1) is 10.5. The molecule has 6 nitrogen and oxygen atoms in total. The van der Waals surface area contributed by atoms with Crippen molar-refractivity contribution in [1.82, 2.24) is 9.97 Å². The Labute approximate surface area is 142 Å². The lowest BCUT2D eigenvalue weighted by atomic mass is 9.77. The Balaban J connectivity index is 0.00000156. The van der Waals surface area contributed by atoms with Crippen LogP contribution in [0.3, 0.4) is 0 Å². The van der Waals surface area contributed by atoms with E-state index in [0.29, 0.717) is 5.95 Å². The molecule has 0 unspecified atom stereocenters. The first-order valence-corrected chi connectivity index (χ1v) is 8.05. The zero-order valence-corrected chi connectivity index (χ0v) is 14.4. The second-order valence-electron chi connectivity index (χ2n) is 7.23. The Morgan fingerprint density at radius 1 is 1.30 bits per heavy atom. The van der Waals surface area contributed by atoms with Gasteiger partial charge in [-0.05, 0) is 25.7 Å². The zero-order valence-electron chi connectivity index (χ0n) is 13.6. The molecule has 1 aliphatic heterocycles. The maximum absolute atomic E-state index is 6.28. The van der Waals surface area contributed by atoms with Gasteiger partial charge in [0.05, 0.1) is 0 Å². The van der Waals surface area contributed by atoms with Gasteiger partial charge in [0.15, 0.2) is 11.4 Å². The van der Waals surface area contributed by atoms with Crippen LogP contribution in [0, 0.1) is 0 Å². The summed E-state index contributed by atoms with van der Waals surface area (Å²) in [4.78, 5) is 11.1. The highest BCUT2D eigenvalue weighted by atomic mass is 35.5. The van der Waals surface area contributed by atoms with Crippen molar-refractivity contribution in [2.24, 2.45) is 5.73 Å². The largest absolute Gasteiger partial charge is 0.455 e. The van der Waals surface area contributed by atoms with E-state index in [1.54, 1.807) is 0 Å². The van der Waals surface area contributed by atoms with E-state index in [0.717, 1.165) is 61.5 Å². The lowest BCUT2D eigenvalue weighted by Crippen LogP contribution is -2.27. The van der Waals surface area contributed by atoms with Crippen molar-refractivity contribution in [1.29, 1.82) is 0 Å². The van der Waals surface area contributed by atoms with Gasteiger partial charge in [0, 0.05) is 30.1 Å². The lowest BCUT2D eigenvalue weighted by Gasteiger charge is -2.27. The number of halogens is 1. The minimum atomic E-state index is 0. The highest BCUT2D eigenvalue weighted by Gasteiger charge is 2.35. The molecule has 23 heavy (non-hydrogen) atoms. The van der Waals surface area contributed by atoms with Crippen LogP contribution in [-0.2, 0) is 11.8 Å². The number of hydrogen-bond acceptors (Lipinski definition) is 6. The molecular weight excluding hydrogens is 314 g/mol. The Morgan fingerprint density at radius 3 is 2.78 bits per heavy atom. The molecule has 126 valence electrons. The van der Waals surface area contributed by atoms with E-state index in [4.69, 9.17) is 15.9 Å². The van der Waals surface area contributed by atoms with Crippen molar-refractivity contribution in [3.63, 3.8) is 0 Å². The smallest absolute Gasteiger partial charge is 0.222 e. The third-order valence-corrected chi connectivity index (χ3v) is 5.00. The first kappa shape index (κ1) is 16.3. The topological polar surface area (TPSA) is 94.2 Å². The Kier molecular flexibility index (Phi) is 3.92. The predicted octanol–water partition coefficient (Wildman–Crippen LogP) is 2.38. The first-order valence-electron chi connectivity index (χ1n) is 8.05. The fourth-order valence-corrected chi connectivity index (χ4v) is 3.82. The third kappa shape index (κ3) is 2.54. The van der Waals surface area contributed by atoms with Crippen LogP contribution in [0.5, 0.6) is 0 Å². The highest BCUT2D eigenvalue weighted by molar-refractivity contribution is 5.89. The van der Waals surface area contributed by atoms with Crippen molar-refractivity contribution in [2.75, 3.05) is 23.7 Å². The molecule has 0 spiro atoms. The van der Waals surface area contributed by atoms with E-state index >= 15 is 0 Å². The van der Waals surface area contributed by atoms with Crippen LogP contribution in [0.2, 0.25) is 0 Å². The number of hydrogen-bond donors (Lipinski definition) is 2. The number of fused-ring (bicyclic) bond motifs is 3. The van der Waals surface area contributed by atoms with Crippen LogP contribution in [0.1, 0.15) is 44.4 Å². The molecule has 4 N–H and O–H groups in total. The second kappa shape index (κ2) is 5.53. The van der Waals surface area contributed by atoms with Gasteiger partial charge in [-0.15, -0.1) is 12.4 Å². The Hall–Kier alpha value is -1.53. The van der Waals surface area contributed by atoms with E-state index in [9.17, 15) is 0 Å². The maximum atomic E-state index is 6.28. The summed E-state index contributed by atoms with van der Waals surface area (Å²) in [5.41, 5.74) is 14.9. The molecule has 3 heterocycles. The van der Waals surface area contributed by atoms with Gasteiger partial charge in [-0.3, -0.25) is 0 Å².